The molecule has 2 heterocycles. The van der Waals surface area contributed by atoms with Gasteiger partial charge in [-0.1, -0.05) is 18.2 Å². The Balaban J connectivity index is 1.19. The van der Waals surface area contributed by atoms with E-state index in [0.29, 0.717) is 18.4 Å². The van der Waals surface area contributed by atoms with E-state index in [1.54, 1.807) is 23.1 Å². The molecule has 3 aliphatic rings. The molecule has 176 valence electrons. The lowest BCUT2D eigenvalue weighted by Gasteiger charge is -2.78. The number of alkyl halides is 3. The molecule has 6 rings (SSSR count). The topological polar surface area (TPSA) is 79.4 Å². The van der Waals surface area contributed by atoms with Gasteiger partial charge < -0.3 is 10.2 Å². The Bertz CT molecular complexity index is 1420. The van der Waals surface area contributed by atoms with Gasteiger partial charge in [0.25, 0.3) is 0 Å². The van der Waals surface area contributed by atoms with Gasteiger partial charge in [-0.2, -0.15) is 13.2 Å². The molecule has 2 saturated carbocycles. The number of halogens is 3. The van der Waals surface area contributed by atoms with Gasteiger partial charge in [-0.15, -0.1) is 0 Å². The van der Waals surface area contributed by atoms with Crippen LogP contribution in [-0.4, -0.2) is 41.7 Å². The SMILES string of the molecule is O=C(Nc1ccc(C(F)(F)F)cc1)N1C2CC[C@@]23C1CC3S(=O)(=O)c1ccc2ccccc2n1. The number of anilines is 1. The van der Waals surface area contributed by atoms with Crippen LogP contribution in [0.15, 0.2) is 65.7 Å². The van der Waals surface area contributed by atoms with Gasteiger partial charge in [0.15, 0.2) is 14.9 Å². The number of hydrogen-bond donors (Lipinski definition) is 1. The second-order valence-corrected chi connectivity index (χ2v) is 11.3. The second kappa shape index (κ2) is 6.94. The molecule has 2 aromatic carbocycles. The van der Waals surface area contributed by atoms with Crippen molar-refractivity contribution in [3.05, 3.63) is 66.2 Å². The summed E-state index contributed by atoms with van der Waals surface area (Å²) in [6, 6.07) is 14.1. The number of nitrogens with one attached hydrogen (secondary N) is 1. The number of sulfone groups is 1. The van der Waals surface area contributed by atoms with Crippen LogP contribution in [0.4, 0.5) is 23.7 Å². The van der Waals surface area contributed by atoms with Gasteiger partial charge in [-0.25, -0.2) is 18.2 Å². The minimum absolute atomic E-state index is 0.0577. The highest BCUT2D eigenvalue weighted by molar-refractivity contribution is 7.92. The molecule has 1 saturated heterocycles. The van der Waals surface area contributed by atoms with Crippen molar-refractivity contribution in [1.82, 2.24) is 9.88 Å². The van der Waals surface area contributed by atoms with E-state index in [4.69, 9.17) is 0 Å². The maximum absolute atomic E-state index is 13.4. The molecule has 1 N–H and O–H groups in total. The Morgan fingerprint density at radius 1 is 1.03 bits per heavy atom. The lowest BCUT2D eigenvalue weighted by molar-refractivity contribution is -0.231. The van der Waals surface area contributed by atoms with Crippen molar-refractivity contribution in [2.75, 3.05) is 5.32 Å². The first-order valence-corrected chi connectivity index (χ1v) is 12.5. The second-order valence-electron chi connectivity index (χ2n) is 9.21. The smallest absolute Gasteiger partial charge is 0.317 e. The third kappa shape index (κ3) is 2.84. The number of pyridine rings is 1. The number of nitrogens with zero attached hydrogens (tertiary/aromatic N) is 2. The number of piperidine rings is 2. The Morgan fingerprint density at radius 2 is 1.76 bits per heavy atom. The molecule has 10 heteroatoms. The molecule has 2 amide bonds. The summed E-state index contributed by atoms with van der Waals surface area (Å²) in [7, 11) is -3.67. The van der Waals surface area contributed by atoms with Crippen LogP contribution in [0.5, 0.6) is 0 Å². The summed E-state index contributed by atoms with van der Waals surface area (Å²) in [5.41, 5.74) is -0.363. The van der Waals surface area contributed by atoms with Crippen LogP contribution >= 0.6 is 0 Å². The molecule has 1 aliphatic heterocycles. The maximum Gasteiger partial charge on any atom is 0.416 e. The quantitative estimate of drug-likeness (QED) is 0.572. The summed E-state index contributed by atoms with van der Waals surface area (Å²) >= 11 is 0. The van der Waals surface area contributed by atoms with Crippen molar-refractivity contribution in [2.24, 2.45) is 5.41 Å². The molecule has 3 aromatic rings. The number of benzene rings is 2. The zero-order valence-corrected chi connectivity index (χ0v) is 18.6. The summed E-state index contributed by atoms with van der Waals surface area (Å²) in [6.07, 6.45) is -2.69. The molecule has 1 spiro atoms. The number of amides is 2. The van der Waals surface area contributed by atoms with Gasteiger partial charge in [0.2, 0.25) is 0 Å². The molecular formula is C24H20F3N3O3S. The van der Waals surface area contributed by atoms with Crippen LogP contribution in [0.1, 0.15) is 24.8 Å². The summed E-state index contributed by atoms with van der Waals surface area (Å²) in [4.78, 5) is 18.9. The van der Waals surface area contributed by atoms with Crippen LogP contribution in [0.25, 0.3) is 10.9 Å². The van der Waals surface area contributed by atoms with E-state index in [-0.39, 0.29) is 22.8 Å². The number of carbonyl (C=O) groups is 1. The van der Waals surface area contributed by atoms with Gasteiger partial charge in [0, 0.05) is 28.6 Å². The molecule has 4 atom stereocenters. The lowest BCUT2D eigenvalue weighted by Crippen LogP contribution is -2.89. The number of urea groups is 1. The summed E-state index contributed by atoms with van der Waals surface area (Å²) in [6.45, 7) is 0. The molecule has 34 heavy (non-hydrogen) atoms. The highest BCUT2D eigenvalue weighted by Gasteiger charge is 2.79. The molecule has 6 nitrogen and oxygen atoms in total. The third-order valence-corrected chi connectivity index (χ3v) is 9.93. The predicted molar refractivity (Wildman–Crippen MR) is 119 cm³/mol. The van der Waals surface area contributed by atoms with Gasteiger partial charge in [0.1, 0.15) is 0 Å². The number of hydrogen-bond acceptors (Lipinski definition) is 4. The molecule has 3 unspecified atom stereocenters. The van der Waals surface area contributed by atoms with Crippen LogP contribution in [-0.2, 0) is 16.0 Å². The molecule has 2 aliphatic carbocycles. The zero-order chi connectivity index (χ0) is 23.9. The van der Waals surface area contributed by atoms with Gasteiger partial charge in [0.05, 0.1) is 16.3 Å². The fourth-order valence-corrected chi connectivity index (χ4v) is 8.17. The van der Waals surface area contributed by atoms with Crippen molar-refractivity contribution in [3.8, 4) is 0 Å². The minimum atomic E-state index is -4.45. The number of rotatable bonds is 3. The largest absolute Gasteiger partial charge is 0.416 e. The van der Waals surface area contributed by atoms with E-state index in [9.17, 15) is 26.4 Å². The van der Waals surface area contributed by atoms with Crippen LogP contribution in [0.3, 0.4) is 0 Å². The van der Waals surface area contributed by atoms with E-state index >= 15 is 0 Å². The maximum atomic E-state index is 13.4. The fourth-order valence-electron chi connectivity index (χ4n) is 5.95. The lowest BCUT2D eigenvalue weighted by atomic mass is 9.42. The molecule has 1 aromatic heterocycles. The third-order valence-electron chi connectivity index (χ3n) is 7.74. The van der Waals surface area contributed by atoms with Crippen LogP contribution in [0, 0.1) is 5.41 Å². The van der Waals surface area contributed by atoms with E-state index < -0.39 is 38.3 Å². The van der Waals surface area contributed by atoms with E-state index in [2.05, 4.69) is 10.3 Å². The highest BCUT2D eigenvalue weighted by Crippen LogP contribution is 2.70. The Kier molecular flexibility index (Phi) is 4.37. The van der Waals surface area contributed by atoms with Crippen molar-refractivity contribution in [1.29, 1.82) is 0 Å². The van der Waals surface area contributed by atoms with Crippen molar-refractivity contribution < 1.29 is 26.4 Å². The standard InChI is InChI=1S/C24H20F3N3O3S/c25-24(26,27)15-6-8-16(9-7-15)28-22(31)30-18-11-12-23(18)19(30)13-20(23)34(32,33)21-10-5-14-3-1-2-4-17(14)29-21/h1-10,18-20H,11-13H2,(H,28,31)/t18?,19?,20?,23-/m0/s1. The normalized spacial score (nSPS) is 27.6. The molecule has 0 bridgehead atoms. The first-order valence-electron chi connectivity index (χ1n) is 11.0. The number of aromatic nitrogens is 1. The minimum Gasteiger partial charge on any atom is -0.317 e. The average Bonchev–Trinajstić information content (AvgIpc) is 2.76. The highest BCUT2D eigenvalue weighted by atomic mass is 32.2. The Morgan fingerprint density at radius 3 is 2.41 bits per heavy atom. The molecule has 3 fully saturated rings. The fraction of sp³-hybridized carbons (Fsp3) is 0.333. The van der Waals surface area contributed by atoms with Crippen molar-refractivity contribution >= 4 is 32.5 Å². The van der Waals surface area contributed by atoms with Gasteiger partial charge in [-0.3, -0.25) is 0 Å². The summed E-state index contributed by atoms with van der Waals surface area (Å²) in [5.74, 6) is 0. The van der Waals surface area contributed by atoms with Crippen LogP contribution in [0.2, 0.25) is 0 Å². The molecule has 0 radical (unpaired) electrons. The van der Waals surface area contributed by atoms with E-state index in [1.807, 2.05) is 18.2 Å². The van der Waals surface area contributed by atoms with Gasteiger partial charge in [-0.05, 0) is 61.7 Å². The molecular weight excluding hydrogens is 467 g/mol. The number of likely N-dealkylation sites (tertiary alicyclic amines) is 1. The van der Waals surface area contributed by atoms with Crippen molar-refractivity contribution in [2.45, 2.75) is 47.8 Å². The Labute approximate surface area is 193 Å². The number of carbonyl (C=O) groups excluding carboxylic acids is 1. The van der Waals surface area contributed by atoms with Gasteiger partial charge >= 0.3 is 12.2 Å². The number of fused-ring (bicyclic) bond motifs is 1. The summed E-state index contributed by atoms with van der Waals surface area (Å²) < 4.78 is 65.2. The average molecular weight is 488 g/mol. The van der Waals surface area contributed by atoms with E-state index in [0.717, 1.165) is 23.9 Å². The number of para-hydroxylation sites is 1. The van der Waals surface area contributed by atoms with E-state index in [1.165, 1.54) is 12.1 Å². The summed E-state index contributed by atoms with van der Waals surface area (Å²) in [5, 5.41) is 2.98. The first kappa shape index (κ1) is 21.4. The zero-order valence-electron chi connectivity index (χ0n) is 17.8. The van der Waals surface area contributed by atoms with Crippen LogP contribution < -0.4 is 5.32 Å². The first-order chi connectivity index (χ1) is 16.1. The Hall–Kier alpha value is -3.14. The predicted octanol–water partition coefficient (Wildman–Crippen LogP) is 4.86. The van der Waals surface area contributed by atoms with Crippen molar-refractivity contribution in [3.63, 3.8) is 0 Å². The monoisotopic (exact) mass is 487 g/mol.